The lowest BCUT2D eigenvalue weighted by Gasteiger charge is -2.31. The molecule has 1 aromatic heterocycles. The van der Waals surface area contributed by atoms with Crippen molar-refractivity contribution in [3.63, 3.8) is 0 Å². The van der Waals surface area contributed by atoms with Crippen molar-refractivity contribution in [3.8, 4) is 0 Å². The molecule has 3 aromatic carbocycles. The van der Waals surface area contributed by atoms with Crippen molar-refractivity contribution < 1.29 is 14.3 Å². The van der Waals surface area contributed by atoms with Gasteiger partial charge in [0.2, 0.25) is 0 Å². The summed E-state index contributed by atoms with van der Waals surface area (Å²) in [5, 5.41) is 2.36. The van der Waals surface area contributed by atoms with Gasteiger partial charge in [-0.1, -0.05) is 36.8 Å². The number of piperidine rings is 1. The number of amides is 2. The molecule has 1 saturated heterocycles. The minimum absolute atomic E-state index is 0.210. The van der Waals surface area contributed by atoms with E-state index in [0.717, 1.165) is 85.4 Å². The highest BCUT2D eigenvalue weighted by Gasteiger charge is 2.27. The SMILES string of the molecule is CN1CCC(OC(c2cccc(SCCCCCc3ccc4c(c3)C(=O)NC4=O)c2)c2nc3ccccc3[nH]2)CC1. The van der Waals surface area contributed by atoms with Crippen molar-refractivity contribution in [1.82, 2.24) is 20.2 Å². The molecule has 1 unspecified atom stereocenters. The number of thioether (sulfide) groups is 1. The number of ether oxygens (including phenoxy) is 1. The van der Waals surface area contributed by atoms with E-state index in [9.17, 15) is 9.59 Å². The van der Waals surface area contributed by atoms with Crippen molar-refractivity contribution in [2.75, 3.05) is 25.9 Å². The van der Waals surface area contributed by atoms with Gasteiger partial charge in [0.15, 0.2) is 0 Å². The summed E-state index contributed by atoms with van der Waals surface area (Å²) in [5.74, 6) is 1.32. The minimum Gasteiger partial charge on any atom is -0.362 e. The van der Waals surface area contributed by atoms with E-state index in [2.05, 4.69) is 52.6 Å². The molecule has 41 heavy (non-hydrogen) atoms. The first kappa shape index (κ1) is 27.7. The van der Waals surface area contributed by atoms with Gasteiger partial charge in [-0.15, -0.1) is 11.8 Å². The average molecular weight is 569 g/mol. The normalized spacial score (nSPS) is 16.7. The first-order valence-electron chi connectivity index (χ1n) is 14.5. The van der Waals surface area contributed by atoms with E-state index < -0.39 is 0 Å². The van der Waals surface area contributed by atoms with Gasteiger partial charge in [-0.2, -0.15) is 0 Å². The number of hydrogen-bond donors (Lipinski definition) is 2. The number of hydrogen-bond acceptors (Lipinski definition) is 6. The molecule has 0 radical (unpaired) electrons. The number of nitrogens with zero attached hydrogens (tertiary/aromatic N) is 2. The van der Waals surface area contributed by atoms with Crippen molar-refractivity contribution in [2.24, 2.45) is 0 Å². The minimum atomic E-state index is -0.296. The molecule has 2 aliphatic heterocycles. The number of aromatic nitrogens is 2. The zero-order valence-electron chi connectivity index (χ0n) is 23.4. The summed E-state index contributed by atoms with van der Waals surface area (Å²) in [6.45, 7) is 2.10. The predicted molar refractivity (Wildman–Crippen MR) is 163 cm³/mol. The van der Waals surface area contributed by atoms with Crippen LogP contribution < -0.4 is 5.32 Å². The van der Waals surface area contributed by atoms with Gasteiger partial charge in [0.1, 0.15) is 11.9 Å². The molecule has 0 spiro atoms. The molecule has 0 saturated carbocycles. The zero-order valence-corrected chi connectivity index (χ0v) is 24.2. The average Bonchev–Trinajstić information content (AvgIpc) is 3.54. The zero-order chi connectivity index (χ0) is 28.2. The van der Waals surface area contributed by atoms with Crippen LogP contribution in [0.25, 0.3) is 11.0 Å². The number of imidazole rings is 1. The van der Waals surface area contributed by atoms with E-state index in [-0.39, 0.29) is 24.0 Å². The Bertz CT molecular complexity index is 1510. The van der Waals surface area contributed by atoms with E-state index in [1.807, 2.05) is 42.1 Å². The summed E-state index contributed by atoms with van der Waals surface area (Å²) in [7, 11) is 2.17. The van der Waals surface area contributed by atoms with Gasteiger partial charge in [0.25, 0.3) is 11.8 Å². The van der Waals surface area contributed by atoms with Crippen molar-refractivity contribution >= 4 is 34.6 Å². The fraction of sp³-hybridized carbons (Fsp3) is 0.364. The van der Waals surface area contributed by atoms with Crippen LogP contribution in [0.5, 0.6) is 0 Å². The Hall–Kier alpha value is -3.46. The Morgan fingerprint density at radius 3 is 2.63 bits per heavy atom. The van der Waals surface area contributed by atoms with Gasteiger partial charge in [-0.3, -0.25) is 14.9 Å². The van der Waals surface area contributed by atoms with Crippen molar-refractivity contribution in [1.29, 1.82) is 0 Å². The summed E-state index contributed by atoms with van der Waals surface area (Å²) >= 11 is 1.88. The first-order chi connectivity index (χ1) is 20.0. The summed E-state index contributed by atoms with van der Waals surface area (Å²) < 4.78 is 6.76. The number of carbonyl (C=O) groups is 2. The topological polar surface area (TPSA) is 87.3 Å². The van der Waals surface area contributed by atoms with E-state index in [1.165, 1.54) is 4.90 Å². The van der Waals surface area contributed by atoms with Gasteiger partial charge in [-0.25, -0.2) is 4.98 Å². The van der Waals surface area contributed by atoms with E-state index in [0.29, 0.717) is 11.1 Å². The number of aromatic amines is 1. The lowest BCUT2D eigenvalue weighted by molar-refractivity contribution is -0.0264. The predicted octanol–water partition coefficient (Wildman–Crippen LogP) is 6.15. The quantitative estimate of drug-likeness (QED) is 0.128. The fourth-order valence-corrected chi connectivity index (χ4v) is 6.63. The van der Waals surface area contributed by atoms with Crippen LogP contribution in [0.2, 0.25) is 0 Å². The van der Waals surface area contributed by atoms with Crippen molar-refractivity contribution in [2.45, 2.75) is 55.6 Å². The lowest BCUT2D eigenvalue weighted by Crippen LogP contribution is -2.35. The maximum Gasteiger partial charge on any atom is 0.258 e. The summed E-state index contributed by atoms with van der Waals surface area (Å²) in [6, 6.07) is 22.5. The monoisotopic (exact) mass is 568 g/mol. The maximum atomic E-state index is 11.9. The third kappa shape index (κ3) is 6.56. The van der Waals surface area contributed by atoms with Crippen LogP contribution in [0.3, 0.4) is 0 Å². The van der Waals surface area contributed by atoms with Gasteiger partial charge in [-0.05, 0) is 92.4 Å². The third-order valence-electron chi connectivity index (χ3n) is 7.99. The highest BCUT2D eigenvalue weighted by molar-refractivity contribution is 7.99. The second-order valence-corrected chi connectivity index (χ2v) is 12.2. The largest absolute Gasteiger partial charge is 0.362 e. The standard InChI is InChI=1S/C33H36N4O3S/c1-37-17-15-24(16-18-37)40-30(31-34-28-11-4-5-12-29(28)35-31)23-9-7-10-25(21-23)41-19-6-2-3-8-22-13-14-26-27(20-22)33(39)36-32(26)38/h4-5,7,9-14,20-21,24,30H,2-3,6,8,15-19H2,1H3,(H,34,35)(H,36,38,39). The highest BCUT2D eigenvalue weighted by Crippen LogP contribution is 2.32. The maximum absolute atomic E-state index is 11.9. The molecule has 7 nitrogen and oxygen atoms in total. The molecule has 2 aliphatic rings. The molecule has 2 N–H and O–H groups in total. The molecule has 212 valence electrons. The van der Waals surface area contributed by atoms with E-state index in [4.69, 9.17) is 9.72 Å². The number of fused-ring (bicyclic) bond motifs is 2. The lowest BCUT2D eigenvalue weighted by atomic mass is 10.0. The molecule has 8 heteroatoms. The van der Waals surface area contributed by atoms with E-state index in [1.54, 1.807) is 6.07 Å². The van der Waals surface area contributed by atoms with E-state index >= 15 is 0 Å². The number of likely N-dealkylation sites (tertiary alicyclic amines) is 1. The number of aryl methyl sites for hydroxylation is 1. The third-order valence-corrected chi connectivity index (χ3v) is 9.07. The van der Waals surface area contributed by atoms with Gasteiger partial charge >= 0.3 is 0 Å². The smallest absolute Gasteiger partial charge is 0.258 e. The second-order valence-electron chi connectivity index (χ2n) is 11.1. The van der Waals surface area contributed by atoms with Crippen LogP contribution in [0.4, 0.5) is 0 Å². The van der Waals surface area contributed by atoms with Crippen LogP contribution in [0.15, 0.2) is 71.6 Å². The Kier molecular flexibility index (Phi) is 8.51. The Labute approximate surface area is 245 Å². The molecule has 1 atom stereocenters. The number of rotatable bonds is 11. The summed E-state index contributed by atoms with van der Waals surface area (Å²) in [5.41, 5.74) is 5.21. The summed E-state index contributed by atoms with van der Waals surface area (Å²) in [4.78, 5) is 35.7. The summed E-state index contributed by atoms with van der Waals surface area (Å²) in [6.07, 6.45) is 6.20. The molecule has 6 rings (SSSR count). The second kappa shape index (κ2) is 12.6. The number of para-hydroxylation sites is 2. The number of H-pyrrole nitrogens is 1. The molecular formula is C33H36N4O3S. The molecule has 3 heterocycles. The van der Waals surface area contributed by atoms with Gasteiger partial charge < -0.3 is 14.6 Å². The number of unbranched alkanes of at least 4 members (excludes halogenated alkanes) is 2. The molecule has 2 amide bonds. The Morgan fingerprint density at radius 1 is 0.951 bits per heavy atom. The number of carbonyl (C=O) groups excluding carboxylic acids is 2. The molecule has 4 aromatic rings. The van der Waals surface area contributed by atoms with Crippen LogP contribution >= 0.6 is 11.8 Å². The molecule has 0 aliphatic carbocycles. The number of nitrogens with one attached hydrogen (secondary N) is 2. The number of imide groups is 1. The molecule has 1 fully saturated rings. The van der Waals surface area contributed by atoms with Gasteiger partial charge in [0, 0.05) is 18.0 Å². The number of benzene rings is 3. The van der Waals surface area contributed by atoms with Crippen LogP contribution in [0, 0.1) is 0 Å². The van der Waals surface area contributed by atoms with Gasteiger partial charge in [0.05, 0.1) is 28.3 Å². The van der Waals surface area contributed by atoms with Crippen LogP contribution in [0.1, 0.15) is 75.9 Å². The van der Waals surface area contributed by atoms with Crippen LogP contribution in [-0.4, -0.2) is 58.7 Å². The fourth-order valence-electron chi connectivity index (χ4n) is 5.65. The Balaban J connectivity index is 1.06. The van der Waals surface area contributed by atoms with Crippen molar-refractivity contribution in [3.05, 3.63) is 94.8 Å². The first-order valence-corrected chi connectivity index (χ1v) is 15.5. The van der Waals surface area contributed by atoms with Crippen LogP contribution in [-0.2, 0) is 11.2 Å². The Morgan fingerprint density at radius 2 is 1.78 bits per heavy atom. The molecular weight excluding hydrogens is 532 g/mol. The molecule has 0 bridgehead atoms. The highest BCUT2D eigenvalue weighted by atomic mass is 32.2.